The van der Waals surface area contributed by atoms with Crippen molar-refractivity contribution in [3.63, 3.8) is 0 Å². The van der Waals surface area contributed by atoms with Crippen LogP contribution in [0.5, 0.6) is 11.5 Å². The fourth-order valence-corrected chi connectivity index (χ4v) is 3.05. The Balaban J connectivity index is 1.45. The smallest absolute Gasteiger partial charge is 0.338 e. The molecule has 0 fully saturated rings. The zero-order valence-electron chi connectivity index (χ0n) is 18.6. The molecule has 34 heavy (non-hydrogen) atoms. The van der Waals surface area contributed by atoms with Crippen LogP contribution in [0.1, 0.15) is 15.9 Å². The number of halogens is 1. The number of hydrogen-bond donors (Lipinski definition) is 2. The maximum Gasteiger partial charge on any atom is 0.338 e. The van der Waals surface area contributed by atoms with Gasteiger partial charge in [-0.25, -0.2) is 4.79 Å². The van der Waals surface area contributed by atoms with Crippen molar-refractivity contribution in [1.29, 1.82) is 0 Å². The molecule has 0 aliphatic heterocycles. The second kappa shape index (κ2) is 11.7. The fraction of sp³-hybridized carbons (Fsp3) is 0.160. The Kier molecular flexibility index (Phi) is 8.48. The third-order valence-electron chi connectivity index (χ3n) is 4.69. The van der Waals surface area contributed by atoms with Gasteiger partial charge in [0.1, 0.15) is 11.5 Å². The highest BCUT2D eigenvalue weighted by atomic mass is 35.5. The molecule has 0 heterocycles. The molecule has 0 unspecified atom stereocenters. The van der Waals surface area contributed by atoms with Gasteiger partial charge in [-0.2, -0.15) is 0 Å². The van der Waals surface area contributed by atoms with Gasteiger partial charge in [0.2, 0.25) is 0 Å². The van der Waals surface area contributed by atoms with Gasteiger partial charge in [0.25, 0.3) is 11.8 Å². The van der Waals surface area contributed by atoms with Crippen LogP contribution in [-0.2, 0) is 14.3 Å². The minimum absolute atomic E-state index is 0.218. The zero-order chi connectivity index (χ0) is 24.5. The molecule has 0 radical (unpaired) electrons. The molecule has 0 spiro atoms. The molecular formula is C25H23ClN2O6. The Hall–Kier alpha value is -4.04. The number of carbonyl (C=O) groups excluding carboxylic acids is 3. The maximum atomic E-state index is 12.2. The first-order valence-electron chi connectivity index (χ1n) is 10.2. The van der Waals surface area contributed by atoms with Gasteiger partial charge in [-0.3, -0.25) is 9.59 Å². The summed E-state index contributed by atoms with van der Waals surface area (Å²) in [6.45, 7) is 1.10. The second-order valence-corrected chi connectivity index (χ2v) is 7.54. The number of amides is 2. The molecule has 0 aliphatic carbocycles. The molecule has 8 nitrogen and oxygen atoms in total. The summed E-state index contributed by atoms with van der Waals surface area (Å²) in [4.78, 5) is 36.4. The van der Waals surface area contributed by atoms with Gasteiger partial charge in [0.05, 0.1) is 12.7 Å². The van der Waals surface area contributed by atoms with E-state index in [1.807, 2.05) is 0 Å². The monoisotopic (exact) mass is 482 g/mol. The van der Waals surface area contributed by atoms with Gasteiger partial charge >= 0.3 is 5.97 Å². The molecular weight excluding hydrogens is 460 g/mol. The number of carbonyl (C=O) groups is 3. The van der Waals surface area contributed by atoms with Crippen LogP contribution in [0.15, 0.2) is 66.7 Å². The van der Waals surface area contributed by atoms with E-state index in [4.69, 9.17) is 25.8 Å². The Labute approximate surface area is 201 Å². The molecule has 0 aromatic heterocycles. The van der Waals surface area contributed by atoms with Crippen LogP contribution >= 0.6 is 11.6 Å². The van der Waals surface area contributed by atoms with E-state index >= 15 is 0 Å². The minimum Gasteiger partial charge on any atom is -0.497 e. The van der Waals surface area contributed by atoms with Crippen molar-refractivity contribution in [3.8, 4) is 11.5 Å². The van der Waals surface area contributed by atoms with Crippen LogP contribution in [0.2, 0.25) is 5.02 Å². The van der Waals surface area contributed by atoms with Crippen molar-refractivity contribution >= 4 is 40.8 Å². The molecule has 0 saturated carbocycles. The lowest BCUT2D eigenvalue weighted by Gasteiger charge is -2.10. The largest absolute Gasteiger partial charge is 0.497 e. The van der Waals surface area contributed by atoms with Gasteiger partial charge in [-0.1, -0.05) is 23.7 Å². The molecule has 2 amide bonds. The molecule has 0 bridgehead atoms. The first-order chi connectivity index (χ1) is 16.4. The molecule has 0 aliphatic rings. The summed E-state index contributed by atoms with van der Waals surface area (Å²) in [5.41, 5.74) is 2.09. The Bertz CT molecular complexity index is 1180. The number of nitrogens with one attached hydrogen (secondary N) is 2. The van der Waals surface area contributed by atoms with Gasteiger partial charge in [-0.05, 0) is 61.0 Å². The quantitative estimate of drug-likeness (QED) is 0.436. The number of benzene rings is 3. The van der Waals surface area contributed by atoms with Crippen LogP contribution in [0.3, 0.4) is 0 Å². The van der Waals surface area contributed by atoms with E-state index < -0.39 is 18.5 Å². The van der Waals surface area contributed by atoms with Crippen molar-refractivity contribution in [3.05, 3.63) is 82.9 Å². The van der Waals surface area contributed by atoms with Gasteiger partial charge in [0, 0.05) is 22.5 Å². The molecule has 3 rings (SSSR count). The fourth-order valence-electron chi connectivity index (χ4n) is 2.88. The van der Waals surface area contributed by atoms with Gasteiger partial charge in [-0.15, -0.1) is 0 Å². The lowest BCUT2D eigenvalue weighted by Crippen LogP contribution is -2.21. The molecule has 3 aromatic carbocycles. The molecule has 3 aromatic rings. The van der Waals surface area contributed by atoms with E-state index in [0.29, 0.717) is 27.9 Å². The van der Waals surface area contributed by atoms with Crippen molar-refractivity contribution in [2.75, 3.05) is 31.0 Å². The average Bonchev–Trinajstić information content (AvgIpc) is 2.84. The SMILES string of the molecule is COc1cccc(NC(=O)COc2ccc(C(=O)OCC(=O)Nc3cccc(Cl)c3C)cc2)c1. The Morgan fingerprint density at radius 2 is 1.56 bits per heavy atom. The predicted octanol–water partition coefficient (Wildman–Crippen LogP) is 4.47. The number of methoxy groups -OCH3 is 1. The summed E-state index contributed by atoms with van der Waals surface area (Å²) >= 11 is 6.03. The van der Waals surface area contributed by atoms with E-state index in [1.165, 1.54) is 24.3 Å². The van der Waals surface area contributed by atoms with Crippen molar-refractivity contribution < 1.29 is 28.6 Å². The van der Waals surface area contributed by atoms with Crippen LogP contribution < -0.4 is 20.1 Å². The first kappa shape index (κ1) is 24.6. The summed E-state index contributed by atoms with van der Waals surface area (Å²) in [6.07, 6.45) is 0. The van der Waals surface area contributed by atoms with E-state index in [1.54, 1.807) is 56.5 Å². The van der Waals surface area contributed by atoms with Crippen LogP contribution in [0.4, 0.5) is 11.4 Å². The van der Waals surface area contributed by atoms with E-state index in [0.717, 1.165) is 5.56 Å². The normalized spacial score (nSPS) is 10.2. The molecule has 0 atom stereocenters. The number of hydrogen-bond acceptors (Lipinski definition) is 6. The highest BCUT2D eigenvalue weighted by Crippen LogP contribution is 2.23. The molecule has 9 heteroatoms. The number of esters is 1. The summed E-state index contributed by atoms with van der Waals surface area (Å²) in [5.74, 6) is -0.483. The average molecular weight is 483 g/mol. The zero-order valence-corrected chi connectivity index (χ0v) is 19.3. The van der Waals surface area contributed by atoms with Gasteiger partial charge < -0.3 is 24.8 Å². The minimum atomic E-state index is -0.666. The summed E-state index contributed by atoms with van der Waals surface area (Å²) in [6, 6.07) is 18.1. The lowest BCUT2D eigenvalue weighted by atomic mass is 10.2. The number of ether oxygens (including phenoxy) is 3. The molecule has 2 N–H and O–H groups in total. The van der Waals surface area contributed by atoms with Crippen LogP contribution in [0.25, 0.3) is 0 Å². The van der Waals surface area contributed by atoms with Gasteiger partial charge in [0.15, 0.2) is 13.2 Å². The van der Waals surface area contributed by atoms with E-state index in [2.05, 4.69) is 10.6 Å². The van der Waals surface area contributed by atoms with Crippen molar-refractivity contribution in [2.45, 2.75) is 6.92 Å². The molecule has 176 valence electrons. The summed E-state index contributed by atoms with van der Waals surface area (Å²) in [5, 5.41) is 5.88. The first-order valence-corrected chi connectivity index (χ1v) is 10.6. The predicted molar refractivity (Wildman–Crippen MR) is 129 cm³/mol. The van der Waals surface area contributed by atoms with Crippen LogP contribution in [0, 0.1) is 6.92 Å². The third-order valence-corrected chi connectivity index (χ3v) is 5.10. The second-order valence-electron chi connectivity index (χ2n) is 7.13. The maximum absolute atomic E-state index is 12.2. The topological polar surface area (TPSA) is 103 Å². The van der Waals surface area contributed by atoms with E-state index in [-0.39, 0.29) is 18.1 Å². The summed E-state index contributed by atoms with van der Waals surface area (Å²) < 4.78 is 15.6. The van der Waals surface area contributed by atoms with E-state index in [9.17, 15) is 14.4 Å². The Morgan fingerprint density at radius 3 is 2.29 bits per heavy atom. The Morgan fingerprint density at radius 1 is 0.853 bits per heavy atom. The van der Waals surface area contributed by atoms with Crippen LogP contribution in [-0.4, -0.2) is 38.1 Å². The standard InChI is InChI=1S/C25H23ClN2O6/c1-16-21(26)7-4-8-22(16)28-24(30)15-34-25(31)17-9-11-19(12-10-17)33-14-23(29)27-18-5-3-6-20(13-18)32-2/h3-13H,14-15H2,1-2H3,(H,27,29)(H,28,30). The highest BCUT2D eigenvalue weighted by Gasteiger charge is 2.12. The third kappa shape index (κ3) is 6.98. The number of rotatable bonds is 9. The lowest BCUT2D eigenvalue weighted by molar-refractivity contribution is -0.119. The highest BCUT2D eigenvalue weighted by molar-refractivity contribution is 6.31. The molecule has 0 saturated heterocycles. The van der Waals surface area contributed by atoms with Crippen molar-refractivity contribution in [2.24, 2.45) is 0 Å². The summed E-state index contributed by atoms with van der Waals surface area (Å²) in [7, 11) is 1.54. The van der Waals surface area contributed by atoms with Crippen molar-refractivity contribution in [1.82, 2.24) is 0 Å². The number of anilines is 2.